The predicted molar refractivity (Wildman–Crippen MR) is 126 cm³/mol. The van der Waals surface area contributed by atoms with Crippen LogP contribution in [0.3, 0.4) is 0 Å². The van der Waals surface area contributed by atoms with E-state index in [4.69, 9.17) is 16.3 Å². The van der Waals surface area contributed by atoms with Crippen LogP contribution in [0.2, 0.25) is 4.34 Å². The molecule has 33 heavy (non-hydrogen) atoms. The van der Waals surface area contributed by atoms with Crippen molar-refractivity contribution in [2.24, 2.45) is 17.8 Å². The molecular formula is C23H25ClN2O5S2. The number of carbonyl (C=O) groups is 2. The summed E-state index contributed by atoms with van der Waals surface area (Å²) in [5.74, 6) is 1.00. The number of esters is 1. The molecule has 176 valence electrons. The Bertz CT molecular complexity index is 1160. The summed E-state index contributed by atoms with van der Waals surface area (Å²) in [6.07, 6.45) is 6.85. The fraction of sp³-hybridized carbons (Fsp3) is 0.478. The Kier molecular flexibility index (Phi) is 5.91. The Labute approximate surface area is 201 Å². The Morgan fingerprint density at radius 3 is 2.27 bits per heavy atom. The quantitative estimate of drug-likeness (QED) is 0.538. The first-order valence-electron chi connectivity index (χ1n) is 11.1. The summed E-state index contributed by atoms with van der Waals surface area (Å²) in [6.45, 7) is -0.401. The first-order chi connectivity index (χ1) is 15.7. The van der Waals surface area contributed by atoms with Crippen LogP contribution in [0.4, 0.5) is 5.69 Å². The fourth-order valence-corrected chi connectivity index (χ4v) is 8.75. The molecule has 2 N–H and O–H groups in total. The van der Waals surface area contributed by atoms with Crippen LogP contribution in [0.1, 0.15) is 48.9 Å². The van der Waals surface area contributed by atoms with Crippen LogP contribution in [-0.2, 0) is 19.6 Å². The molecule has 2 aromatic rings. The maximum absolute atomic E-state index is 12.7. The third-order valence-electron chi connectivity index (χ3n) is 6.98. The molecule has 6 rings (SSSR count). The van der Waals surface area contributed by atoms with Crippen molar-refractivity contribution in [1.82, 2.24) is 5.32 Å². The lowest BCUT2D eigenvalue weighted by Gasteiger charge is -2.56. The minimum Gasteiger partial charge on any atom is -0.452 e. The van der Waals surface area contributed by atoms with Gasteiger partial charge >= 0.3 is 5.97 Å². The van der Waals surface area contributed by atoms with Gasteiger partial charge < -0.3 is 10.1 Å². The Morgan fingerprint density at radius 1 is 1.03 bits per heavy atom. The second kappa shape index (κ2) is 8.60. The molecule has 0 unspecified atom stereocenters. The van der Waals surface area contributed by atoms with Gasteiger partial charge in [-0.2, -0.15) is 0 Å². The van der Waals surface area contributed by atoms with Gasteiger partial charge in [0.15, 0.2) is 6.61 Å². The lowest BCUT2D eigenvalue weighted by molar-refractivity contribution is -0.130. The van der Waals surface area contributed by atoms with Crippen molar-refractivity contribution in [3.8, 4) is 0 Å². The molecule has 0 atom stereocenters. The highest BCUT2D eigenvalue weighted by molar-refractivity contribution is 7.94. The summed E-state index contributed by atoms with van der Waals surface area (Å²) in [6, 6.07) is 9.02. The summed E-state index contributed by atoms with van der Waals surface area (Å²) < 4.78 is 33.3. The number of para-hydroxylation sites is 1. The van der Waals surface area contributed by atoms with Crippen LogP contribution in [0.25, 0.3) is 0 Å². The lowest BCUT2D eigenvalue weighted by atomic mass is 9.53. The topological polar surface area (TPSA) is 102 Å². The van der Waals surface area contributed by atoms with Gasteiger partial charge in [0, 0.05) is 5.54 Å². The normalized spacial score (nSPS) is 27.8. The number of ether oxygens (including phenoxy) is 1. The predicted octanol–water partition coefficient (Wildman–Crippen LogP) is 4.44. The van der Waals surface area contributed by atoms with Gasteiger partial charge in [0.1, 0.15) is 4.21 Å². The maximum atomic E-state index is 12.7. The van der Waals surface area contributed by atoms with Gasteiger partial charge in [-0.1, -0.05) is 23.7 Å². The zero-order valence-electron chi connectivity index (χ0n) is 17.9. The third-order valence-corrected chi connectivity index (χ3v) is 10.1. The fourth-order valence-electron chi connectivity index (χ4n) is 6.19. The molecule has 1 aromatic carbocycles. The molecule has 4 aliphatic rings. The zero-order chi connectivity index (χ0) is 23.2. The minimum absolute atomic E-state index is 0.0330. The van der Waals surface area contributed by atoms with Gasteiger partial charge in [-0.15, -0.1) is 11.3 Å². The van der Waals surface area contributed by atoms with E-state index in [9.17, 15) is 18.0 Å². The minimum atomic E-state index is -3.91. The molecule has 1 aromatic heterocycles. The van der Waals surface area contributed by atoms with Gasteiger partial charge in [-0.05, 0) is 80.5 Å². The molecule has 4 bridgehead atoms. The van der Waals surface area contributed by atoms with E-state index in [1.54, 1.807) is 12.1 Å². The third kappa shape index (κ3) is 4.76. The highest BCUT2D eigenvalue weighted by atomic mass is 35.5. The van der Waals surface area contributed by atoms with Crippen molar-refractivity contribution in [2.45, 2.75) is 48.3 Å². The molecule has 0 radical (unpaired) electrons. The average Bonchev–Trinajstić information content (AvgIpc) is 3.18. The van der Waals surface area contributed by atoms with E-state index >= 15 is 0 Å². The van der Waals surface area contributed by atoms with E-state index in [1.807, 2.05) is 0 Å². The first kappa shape index (κ1) is 22.7. The number of hydrogen-bond donors (Lipinski definition) is 2. The summed E-state index contributed by atoms with van der Waals surface area (Å²) in [7, 11) is -3.91. The molecule has 1 heterocycles. The summed E-state index contributed by atoms with van der Waals surface area (Å²) in [4.78, 5) is 25.4. The maximum Gasteiger partial charge on any atom is 0.340 e. The smallest absolute Gasteiger partial charge is 0.340 e. The number of thiophene rings is 1. The van der Waals surface area contributed by atoms with Crippen molar-refractivity contribution >= 4 is 50.5 Å². The molecule has 0 spiro atoms. The number of sulfonamides is 1. The van der Waals surface area contributed by atoms with Gasteiger partial charge in [-0.25, -0.2) is 13.2 Å². The van der Waals surface area contributed by atoms with Crippen molar-refractivity contribution in [1.29, 1.82) is 0 Å². The SMILES string of the molecule is O=C(COC(=O)c1ccccc1NS(=O)(=O)c1ccc(Cl)s1)NC12CC3CC(CC(C3)C1)C2. The number of amides is 1. The second-order valence-corrected chi connectivity index (χ2v) is 13.2. The molecule has 10 heteroatoms. The van der Waals surface area contributed by atoms with Crippen LogP contribution in [0, 0.1) is 17.8 Å². The summed E-state index contributed by atoms with van der Waals surface area (Å²) >= 11 is 6.76. The molecule has 4 saturated carbocycles. The van der Waals surface area contributed by atoms with E-state index in [-0.39, 0.29) is 26.9 Å². The first-order valence-corrected chi connectivity index (χ1v) is 13.7. The van der Waals surface area contributed by atoms with Crippen molar-refractivity contribution < 1.29 is 22.7 Å². The van der Waals surface area contributed by atoms with E-state index in [1.165, 1.54) is 43.5 Å². The van der Waals surface area contributed by atoms with Crippen LogP contribution in [-0.4, -0.2) is 32.4 Å². The standard InChI is InChI=1S/C23H25ClN2O5S2/c24-19-5-6-21(32-19)33(29,30)26-18-4-2-1-3-17(18)22(28)31-13-20(27)25-23-10-14-7-15(11-23)9-16(8-14)12-23/h1-6,14-16,26H,7-13H2,(H,25,27). The van der Waals surface area contributed by atoms with E-state index < -0.39 is 22.6 Å². The Morgan fingerprint density at radius 2 is 1.67 bits per heavy atom. The van der Waals surface area contributed by atoms with Crippen LogP contribution in [0.15, 0.2) is 40.6 Å². The molecular weight excluding hydrogens is 484 g/mol. The molecule has 4 aliphatic carbocycles. The van der Waals surface area contributed by atoms with Crippen molar-refractivity contribution in [3.63, 3.8) is 0 Å². The van der Waals surface area contributed by atoms with Gasteiger partial charge in [-0.3, -0.25) is 9.52 Å². The van der Waals surface area contributed by atoms with E-state index in [0.717, 1.165) is 30.6 Å². The number of benzene rings is 1. The van der Waals surface area contributed by atoms with Gasteiger partial charge in [0.2, 0.25) is 0 Å². The van der Waals surface area contributed by atoms with Crippen molar-refractivity contribution in [2.75, 3.05) is 11.3 Å². The number of anilines is 1. The number of carbonyl (C=O) groups excluding carboxylic acids is 2. The highest BCUT2D eigenvalue weighted by Crippen LogP contribution is 2.55. The summed E-state index contributed by atoms with van der Waals surface area (Å²) in [5, 5.41) is 3.17. The van der Waals surface area contributed by atoms with Crippen LogP contribution < -0.4 is 10.0 Å². The molecule has 1 amide bonds. The van der Waals surface area contributed by atoms with Crippen molar-refractivity contribution in [3.05, 3.63) is 46.3 Å². The van der Waals surface area contributed by atoms with E-state index in [2.05, 4.69) is 10.0 Å². The largest absolute Gasteiger partial charge is 0.452 e. The molecule has 0 aliphatic heterocycles. The van der Waals surface area contributed by atoms with Gasteiger partial charge in [0.25, 0.3) is 15.9 Å². The Balaban J connectivity index is 1.22. The summed E-state index contributed by atoms with van der Waals surface area (Å²) in [5.41, 5.74) is -0.0480. The highest BCUT2D eigenvalue weighted by Gasteiger charge is 2.51. The number of nitrogens with one attached hydrogen (secondary N) is 2. The zero-order valence-corrected chi connectivity index (χ0v) is 20.3. The average molecular weight is 509 g/mol. The van der Waals surface area contributed by atoms with Crippen LogP contribution >= 0.6 is 22.9 Å². The molecule has 7 nitrogen and oxygen atoms in total. The Hall–Kier alpha value is -2.10. The number of halogens is 1. The lowest BCUT2D eigenvalue weighted by Crippen LogP contribution is -2.60. The monoisotopic (exact) mass is 508 g/mol. The van der Waals surface area contributed by atoms with Gasteiger partial charge in [0.05, 0.1) is 15.6 Å². The number of hydrogen-bond acceptors (Lipinski definition) is 6. The second-order valence-electron chi connectivity index (χ2n) is 9.53. The number of rotatable bonds is 7. The molecule has 0 saturated heterocycles. The van der Waals surface area contributed by atoms with Crippen LogP contribution in [0.5, 0.6) is 0 Å². The van der Waals surface area contributed by atoms with E-state index in [0.29, 0.717) is 22.1 Å². The molecule has 4 fully saturated rings.